The predicted molar refractivity (Wildman–Crippen MR) is 140 cm³/mol. The smallest absolute Gasteiger partial charge is 0.261 e. The molecular formula is C27H28N4O3S. The quantitative estimate of drug-likeness (QED) is 0.380. The van der Waals surface area contributed by atoms with Gasteiger partial charge in [-0.3, -0.25) is 14.9 Å². The summed E-state index contributed by atoms with van der Waals surface area (Å²) in [6, 6.07) is 19.2. The summed E-state index contributed by atoms with van der Waals surface area (Å²) < 4.78 is 8.22. The van der Waals surface area contributed by atoms with Gasteiger partial charge in [0, 0.05) is 38.1 Å². The number of nitrogens with zero attached hydrogens (tertiary/aromatic N) is 2. The second-order valence-corrected chi connectivity index (χ2v) is 9.83. The van der Waals surface area contributed by atoms with Gasteiger partial charge < -0.3 is 14.6 Å². The number of hydrogen-bond donors (Lipinski definition) is 2. The largest absolute Gasteiger partial charge is 0.381 e. The normalized spacial score (nSPS) is 14.2. The SMILES string of the molecule is Cc1c(C(=O)Nc2nc3ccccc3s2)c(NCc2ccccc2)cc(=O)n1CC1CCOCC1. The van der Waals surface area contributed by atoms with Crippen LogP contribution in [0.25, 0.3) is 10.2 Å². The number of benzene rings is 2. The summed E-state index contributed by atoms with van der Waals surface area (Å²) in [5.74, 6) is 0.0706. The van der Waals surface area contributed by atoms with Gasteiger partial charge in [0.1, 0.15) is 0 Å². The molecule has 1 aliphatic heterocycles. The van der Waals surface area contributed by atoms with E-state index in [2.05, 4.69) is 15.6 Å². The number of carbonyl (C=O) groups excluding carboxylic acids is 1. The first kappa shape index (κ1) is 23.3. The third kappa shape index (κ3) is 5.28. The van der Waals surface area contributed by atoms with E-state index >= 15 is 0 Å². The van der Waals surface area contributed by atoms with Crippen LogP contribution in [0.3, 0.4) is 0 Å². The third-order valence-corrected chi connectivity index (χ3v) is 7.37. The lowest BCUT2D eigenvalue weighted by molar-refractivity contribution is 0.0607. The van der Waals surface area contributed by atoms with Crippen LogP contribution in [-0.2, 0) is 17.8 Å². The molecule has 1 saturated heterocycles. The zero-order valence-electron chi connectivity index (χ0n) is 19.6. The van der Waals surface area contributed by atoms with Crippen LogP contribution in [0, 0.1) is 12.8 Å². The van der Waals surface area contributed by atoms with Crippen LogP contribution in [0.4, 0.5) is 10.8 Å². The van der Waals surface area contributed by atoms with Crippen LogP contribution in [0.15, 0.2) is 65.5 Å². The van der Waals surface area contributed by atoms with Gasteiger partial charge in [-0.1, -0.05) is 53.8 Å². The Morgan fingerprint density at radius 1 is 1.11 bits per heavy atom. The molecule has 180 valence electrons. The number of aromatic nitrogens is 2. The molecule has 0 aliphatic carbocycles. The first-order valence-electron chi connectivity index (χ1n) is 11.9. The third-order valence-electron chi connectivity index (χ3n) is 6.42. The topological polar surface area (TPSA) is 85.3 Å². The van der Waals surface area contributed by atoms with Gasteiger partial charge in [-0.05, 0) is 43.4 Å². The average Bonchev–Trinajstić information content (AvgIpc) is 3.28. The first-order chi connectivity index (χ1) is 17.1. The molecule has 1 fully saturated rings. The van der Waals surface area contributed by atoms with Gasteiger partial charge in [-0.2, -0.15) is 0 Å². The van der Waals surface area contributed by atoms with Gasteiger partial charge in [-0.15, -0.1) is 0 Å². The molecule has 2 aromatic heterocycles. The number of ether oxygens (including phenoxy) is 1. The number of hydrogen-bond acceptors (Lipinski definition) is 6. The summed E-state index contributed by atoms with van der Waals surface area (Å²) in [5, 5.41) is 6.83. The number of nitrogens with one attached hydrogen (secondary N) is 2. The van der Waals surface area contributed by atoms with Gasteiger partial charge in [0.05, 0.1) is 21.5 Å². The van der Waals surface area contributed by atoms with E-state index in [1.54, 1.807) is 10.6 Å². The molecule has 0 radical (unpaired) electrons. The molecule has 1 aliphatic rings. The highest BCUT2D eigenvalue weighted by Gasteiger charge is 2.23. The number of carbonyl (C=O) groups is 1. The maximum atomic E-state index is 13.6. The van der Waals surface area contributed by atoms with E-state index in [0.717, 1.165) is 28.6 Å². The zero-order valence-corrected chi connectivity index (χ0v) is 20.4. The van der Waals surface area contributed by atoms with Crippen LogP contribution in [-0.4, -0.2) is 28.7 Å². The summed E-state index contributed by atoms with van der Waals surface area (Å²) in [6.07, 6.45) is 1.82. The van der Waals surface area contributed by atoms with E-state index in [1.807, 2.05) is 61.5 Å². The van der Waals surface area contributed by atoms with E-state index in [1.165, 1.54) is 11.3 Å². The Hall–Kier alpha value is -3.49. The minimum absolute atomic E-state index is 0.110. The van der Waals surface area contributed by atoms with Crippen LogP contribution in [0.1, 0.15) is 34.5 Å². The molecule has 2 N–H and O–H groups in total. The van der Waals surface area contributed by atoms with Crippen molar-refractivity contribution in [1.29, 1.82) is 0 Å². The Morgan fingerprint density at radius 3 is 2.63 bits per heavy atom. The van der Waals surface area contributed by atoms with Crippen molar-refractivity contribution >= 4 is 38.3 Å². The number of thiazole rings is 1. The van der Waals surface area contributed by atoms with Gasteiger partial charge >= 0.3 is 0 Å². The van der Waals surface area contributed by atoms with Crippen molar-refractivity contribution in [1.82, 2.24) is 9.55 Å². The monoisotopic (exact) mass is 488 g/mol. The number of amides is 1. The maximum absolute atomic E-state index is 13.6. The lowest BCUT2D eigenvalue weighted by Gasteiger charge is -2.25. The average molecular weight is 489 g/mol. The molecule has 5 rings (SSSR count). The van der Waals surface area contributed by atoms with E-state index in [9.17, 15) is 9.59 Å². The lowest BCUT2D eigenvalue weighted by atomic mass is 9.99. The van der Waals surface area contributed by atoms with Crippen LogP contribution >= 0.6 is 11.3 Å². The molecule has 0 saturated carbocycles. The van der Waals surface area contributed by atoms with Crippen LogP contribution in [0.2, 0.25) is 0 Å². The minimum atomic E-state index is -0.280. The lowest BCUT2D eigenvalue weighted by Crippen LogP contribution is -2.31. The van der Waals surface area contributed by atoms with Crippen molar-refractivity contribution in [2.45, 2.75) is 32.9 Å². The highest BCUT2D eigenvalue weighted by molar-refractivity contribution is 7.22. The predicted octanol–water partition coefficient (Wildman–Crippen LogP) is 5.06. The van der Waals surface area contributed by atoms with Crippen LogP contribution < -0.4 is 16.2 Å². The molecule has 8 heteroatoms. The van der Waals surface area contributed by atoms with Gasteiger partial charge in [-0.25, -0.2) is 4.98 Å². The van der Waals surface area contributed by atoms with E-state index in [-0.39, 0.29) is 11.5 Å². The molecule has 0 unspecified atom stereocenters. The summed E-state index contributed by atoms with van der Waals surface area (Å²) in [4.78, 5) is 31.3. The second-order valence-electron chi connectivity index (χ2n) is 8.80. The van der Waals surface area contributed by atoms with E-state index < -0.39 is 0 Å². The molecule has 35 heavy (non-hydrogen) atoms. The molecule has 3 heterocycles. The van der Waals surface area contributed by atoms with Crippen molar-refractivity contribution < 1.29 is 9.53 Å². The first-order valence-corrected chi connectivity index (χ1v) is 12.7. The van der Waals surface area contributed by atoms with Crippen molar-refractivity contribution in [3.05, 3.63) is 87.8 Å². The standard InChI is InChI=1S/C27H28N4O3S/c1-18-25(26(33)30-27-29-21-9-5-6-10-23(21)35-27)22(28-16-19-7-3-2-4-8-19)15-24(32)31(18)17-20-11-13-34-14-12-20/h2-10,15,20,28H,11-14,16-17H2,1H3,(H,29,30,33). The fourth-order valence-electron chi connectivity index (χ4n) is 4.49. The summed E-state index contributed by atoms with van der Waals surface area (Å²) in [5.41, 5.74) is 3.44. The Bertz CT molecular complexity index is 1360. The summed E-state index contributed by atoms with van der Waals surface area (Å²) in [6.45, 7) is 4.35. The van der Waals surface area contributed by atoms with Gasteiger partial charge in [0.2, 0.25) is 0 Å². The Kier molecular flexibility index (Phi) is 6.92. The molecule has 4 aromatic rings. The van der Waals surface area contributed by atoms with Crippen molar-refractivity contribution in [3.63, 3.8) is 0 Å². The van der Waals surface area contributed by atoms with Crippen molar-refractivity contribution in [3.8, 4) is 0 Å². The number of rotatable bonds is 7. The highest BCUT2D eigenvalue weighted by atomic mass is 32.1. The number of fused-ring (bicyclic) bond motifs is 1. The number of anilines is 2. The molecule has 0 spiro atoms. The van der Waals surface area contributed by atoms with E-state index in [0.29, 0.717) is 54.3 Å². The fraction of sp³-hybridized carbons (Fsp3) is 0.296. The van der Waals surface area contributed by atoms with Crippen molar-refractivity contribution in [2.24, 2.45) is 5.92 Å². The maximum Gasteiger partial charge on any atom is 0.261 e. The van der Waals surface area contributed by atoms with Crippen molar-refractivity contribution in [2.75, 3.05) is 23.8 Å². The number of pyridine rings is 1. The molecule has 7 nitrogen and oxygen atoms in total. The Balaban J connectivity index is 1.48. The zero-order chi connectivity index (χ0) is 24.2. The van der Waals surface area contributed by atoms with Gasteiger partial charge in [0.15, 0.2) is 5.13 Å². The molecular weight excluding hydrogens is 460 g/mol. The van der Waals surface area contributed by atoms with Gasteiger partial charge in [0.25, 0.3) is 11.5 Å². The Morgan fingerprint density at radius 2 is 1.86 bits per heavy atom. The molecule has 0 bridgehead atoms. The van der Waals surface area contributed by atoms with Crippen LogP contribution in [0.5, 0.6) is 0 Å². The molecule has 0 atom stereocenters. The van der Waals surface area contributed by atoms with E-state index in [4.69, 9.17) is 4.74 Å². The highest BCUT2D eigenvalue weighted by Crippen LogP contribution is 2.28. The second kappa shape index (κ2) is 10.4. The molecule has 2 aromatic carbocycles. The Labute approximate surface area is 207 Å². The summed E-state index contributed by atoms with van der Waals surface area (Å²) in [7, 11) is 0. The minimum Gasteiger partial charge on any atom is -0.381 e. The molecule has 1 amide bonds. The number of para-hydroxylation sites is 1. The fourth-order valence-corrected chi connectivity index (χ4v) is 5.35. The summed E-state index contributed by atoms with van der Waals surface area (Å²) >= 11 is 1.43.